The number of fused-ring (bicyclic) bond motifs is 1. The van der Waals surface area contributed by atoms with Gasteiger partial charge in [-0.2, -0.15) is 0 Å². The highest BCUT2D eigenvalue weighted by Crippen LogP contribution is 2.56. The fraction of sp³-hybridized carbons (Fsp3) is 0.538. The number of carbonyl (C=O) groups is 1. The third kappa shape index (κ3) is 3.97. The van der Waals surface area contributed by atoms with Crippen molar-refractivity contribution in [3.8, 4) is 5.75 Å². The molecule has 2 heterocycles. The zero-order valence-corrected chi connectivity index (χ0v) is 17.7. The number of hydrogen-bond donors (Lipinski definition) is 0. The molecule has 0 amide bonds. The average molecular weight is 405 g/mol. The third-order valence-electron chi connectivity index (χ3n) is 7.78. The summed E-state index contributed by atoms with van der Waals surface area (Å²) in [5, 5.41) is 0. The molecule has 1 aromatic heterocycles. The number of para-hydroxylation sites is 1. The number of benzene rings is 1. The first-order valence-corrected chi connectivity index (χ1v) is 11.6. The van der Waals surface area contributed by atoms with Gasteiger partial charge in [0.25, 0.3) is 0 Å². The smallest absolute Gasteiger partial charge is 0.136 e. The summed E-state index contributed by atoms with van der Waals surface area (Å²) in [4.78, 5) is 19.3. The minimum absolute atomic E-state index is 0.340. The highest BCUT2D eigenvalue weighted by molar-refractivity contribution is 5.82. The van der Waals surface area contributed by atoms with Crippen LogP contribution in [0.2, 0.25) is 0 Å². The van der Waals surface area contributed by atoms with Gasteiger partial charge in [-0.1, -0.05) is 18.2 Å². The zero-order chi connectivity index (χ0) is 20.4. The maximum atomic E-state index is 12.6. The van der Waals surface area contributed by atoms with Gasteiger partial charge in [-0.3, -0.25) is 9.78 Å². The molecule has 4 atom stereocenters. The molecular formula is C26H32N2O2. The second kappa shape index (κ2) is 8.41. The number of pyridine rings is 1. The van der Waals surface area contributed by atoms with Crippen LogP contribution in [-0.2, 0) is 4.79 Å². The number of ketones is 1. The van der Waals surface area contributed by atoms with Crippen LogP contribution in [0.4, 0.5) is 5.69 Å². The molecule has 5 rings (SSSR count). The molecule has 1 aromatic carbocycles. The monoisotopic (exact) mass is 404 g/mol. The molecule has 1 aliphatic heterocycles. The quantitative estimate of drug-likeness (QED) is 0.679. The van der Waals surface area contributed by atoms with Gasteiger partial charge in [0, 0.05) is 49.4 Å². The van der Waals surface area contributed by atoms with E-state index in [4.69, 9.17) is 4.74 Å². The number of ether oxygens (including phenoxy) is 1. The van der Waals surface area contributed by atoms with Crippen molar-refractivity contribution in [3.05, 3.63) is 54.9 Å². The Morgan fingerprint density at radius 1 is 1.07 bits per heavy atom. The Morgan fingerprint density at radius 2 is 1.90 bits per heavy atom. The normalized spacial score (nSPS) is 31.0. The van der Waals surface area contributed by atoms with Gasteiger partial charge in [-0.15, -0.1) is 0 Å². The van der Waals surface area contributed by atoms with E-state index >= 15 is 0 Å². The van der Waals surface area contributed by atoms with Crippen LogP contribution in [0.1, 0.15) is 51.4 Å². The molecule has 30 heavy (non-hydrogen) atoms. The van der Waals surface area contributed by atoms with Gasteiger partial charge in [-0.25, -0.2) is 0 Å². The summed E-state index contributed by atoms with van der Waals surface area (Å²) in [6.07, 6.45) is 12.7. The fourth-order valence-corrected chi connectivity index (χ4v) is 6.40. The third-order valence-corrected chi connectivity index (χ3v) is 7.78. The lowest BCUT2D eigenvalue weighted by Gasteiger charge is -2.46. The maximum absolute atomic E-state index is 12.6. The standard InChI is InChI=1S/C26H32N2O2/c29-25-8-4-5-20-17-26(19-24(20)25)12-15-28(21-9-13-27-14-10-21)22(18-26)11-16-30-23-6-2-1-3-7-23/h1-3,6-7,9-10,13-14,20,22,24H,4-5,8,11-12,15-19H2. The lowest BCUT2D eigenvalue weighted by molar-refractivity contribution is -0.125. The van der Waals surface area contributed by atoms with E-state index in [0.717, 1.165) is 44.6 Å². The van der Waals surface area contributed by atoms with Crippen molar-refractivity contribution in [1.29, 1.82) is 0 Å². The molecule has 4 heteroatoms. The molecule has 0 radical (unpaired) electrons. The van der Waals surface area contributed by atoms with Gasteiger partial charge in [0.1, 0.15) is 11.5 Å². The lowest BCUT2D eigenvalue weighted by Crippen LogP contribution is -2.47. The van der Waals surface area contributed by atoms with E-state index in [9.17, 15) is 4.79 Å². The van der Waals surface area contributed by atoms with Crippen molar-refractivity contribution in [2.45, 2.75) is 57.4 Å². The highest BCUT2D eigenvalue weighted by atomic mass is 16.5. The molecule has 2 saturated carbocycles. The van der Waals surface area contributed by atoms with Crippen LogP contribution in [0.5, 0.6) is 5.75 Å². The Labute approximate surface area is 179 Å². The van der Waals surface area contributed by atoms with Crippen molar-refractivity contribution < 1.29 is 9.53 Å². The molecule has 1 saturated heterocycles. The number of carbonyl (C=O) groups excluding carboxylic acids is 1. The van der Waals surface area contributed by atoms with Crippen molar-refractivity contribution in [2.24, 2.45) is 17.3 Å². The molecule has 2 aromatic rings. The van der Waals surface area contributed by atoms with Gasteiger partial charge >= 0.3 is 0 Å². The minimum atomic E-state index is 0.340. The van der Waals surface area contributed by atoms with Crippen LogP contribution < -0.4 is 9.64 Å². The molecule has 4 unspecified atom stereocenters. The summed E-state index contributed by atoms with van der Waals surface area (Å²) in [5.41, 5.74) is 1.60. The molecule has 158 valence electrons. The molecular weight excluding hydrogens is 372 g/mol. The average Bonchev–Trinajstić information content (AvgIpc) is 3.14. The van der Waals surface area contributed by atoms with Gasteiger partial charge in [0.15, 0.2) is 0 Å². The Morgan fingerprint density at radius 3 is 2.70 bits per heavy atom. The molecule has 0 N–H and O–H groups in total. The highest BCUT2D eigenvalue weighted by Gasteiger charge is 2.51. The molecule has 4 nitrogen and oxygen atoms in total. The second-order valence-corrected chi connectivity index (χ2v) is 9.59. The SMILES string of the molecule is O=C1CCCC2CC3(CCN(c4ccncc4)C(CCOc4ccccc4)C3)CC12. The summed E-state index contributed by atoms with van der Waals surface area (Å²) in [6.45, 7) is 1.78. The first-order chi connectivity index (χ1) is 14.7. The van der Waals surface area contributed by atoms with Crippen molar-refractivity contribution >= 4 is 11.5 Å². The minimum Gasteiger partial charge on any atom is -0.494 e. The van der Waals surface area contributed by atoms with E-state index in [1.165, 1.54) is 31.4 Å². The van der Waals surface area contributed by atoms with Gasteiger partial charge in [0.05, 0.1) is 6.61 Å². The maximum Gasteiger partial charge on any atom is 0.136 e. The number of hydrogen-bond acceptors (Lipinski definition) is 4. The van der Waals surface area contributed by atoms with Crippen molar-refractivity contribution in [1.82, 2.24) is 4.98 Å². The Hall–Kier alpha value is -2.36. The van der Waals surface area contributed by atoms with E-state index in [-0.39, 0.29) is 0 Å². The van der Waals surface area contributed by atoms with E-state index < -0.39 is 0 Å². The van der Waals surface area contributed by atoms with Crippen molar-refractivity contribution in [2.75, 3.05) is 18.1 Å². The summed E-state index contributed by atoms with van der Waals surface area (Å²) >= 11 is 0. The molecule has 2 aliphatic carbocycles. The first-order valence-electron chi connectivity index (χ1n) is 11.6. The molecule has 0 bridgehead atoms. The molecule has 3 aliphatic rings. The summed E-state index contributed by atoms with van der Waals surface area (Å²) < 4.78 is 6.06. The van der Waals surface area contributed by atoms with Crippen LogP contribution >= 0.6 is 0 Å². The Balaban J connectivity index is 1.31. The van der Waals surface area contributed by atoms with Gasteiger partial charge < -0.3 is 9.64 Å². The first kappa shape index (κ1) is 19.6. The number of piperidine rings is 1. The molecule has 1 spiro atoms. The summed E-state index contributed by atoms with van der Waals surface area (Å²) in [6, 6.07) is 14.8. The Kier molecular flexibility index (Phi) is 5.49. The summed E-state index contributed by atoms with van der Waals surface area (Å²) in [7, 11) is 0. The van der Waals surface area contributed by atoms with Crippen LogP contribution in [0.15, 0.2) is 54.9 Å². The van der Waals surface area contributed by atoms with E-state index in [2.05, 4.69) is 22.0 Å². The van der Waals surface area contributed by atoms with Crippen molar-refractivity contribution in [3.63, 3.8) is 0 Å². The number of nitrogens with zero attached hydrogens (tertiary/aromatic N) is 2. The lowest BCUT2D eigenvalue weighted by atomic mass is 9.72. The van der Waals surface area contributed by atoms with Crippen LogP contribution in [0, 0.1) is 17.3 Å². The van der Waals surface area contributed by atoms with Crippen LogP contribution in [0.3, 0.4) is 0 Å². The predicted octanol–water partition coefficient (Wildman–Crippen LogP) is 5.29. The van der Waals surface area contributed by atoms with Gasteiger partial charge in [-0.05, 0) is 74.1 Å². The number of Topliss-reactive ketones (excluding diaryl/α,β-unsaturated/α-hetero) is 1. The van der Waals surface area contributed by atoms with E-state index in [1.54, 1.807) is 0 Å². The zero-order valence-electron chi connectivity index (χ0n) is 17.7. The second-order valence-electron chi connectivity index (χ2n) is 9.59. The van der Waals surface area contributed by atoms with Crippen LogP contribution in [-0.4, -0.2) is 30.0 Å². The van der Waals surface area contributed by atoms with Crippen LogP contribution in [0.25, 0.3) is 0 Å². The topological polar surface area (TPSA) is 42.4 Å². The fourth-order valence-electron chi connectivity index (χ4n) is 6.40. The summed E-state index contributed by atoms with van der Waals surface area (Å²) in [5.74, 6) is 2.46. The number of anilines is 1. The van der Waals surface area contributed by atoms with E-state index in [1.807, 2.05) is 42.7 Å². The Bertz CT molecular complexity index is 856. The number of aromatic nitrogens is 1. The largest absolute Gasteiger partial charge is 0.494 e. The predicted molar refractivity (Wildman–Crippen MR) is 119 cm³/mol. The van der Waals surface area contributed by atoms with E-state index in [0.29, 0.717) is 29.1 Å². The molecule has 3 fully saturated rings. The van der Waals surface area contributed by atoms with Gasteiger partial charge in [0.2, 0.25) is 0 Å². The number of rotatable bonds is 5.